The van der Waals surface area contributed by atoms with Crippen molar-refractivity contribution >= 4 is 19.1 Å². The van der Waals surface area contributed by atoms with Crippen LogP contribution in [-0.2, 0) is 10.7 Å². The Morgan fingerprint density at radius 3 is 1.88 bits per heavy atom. The maximum atomic E-state index is 12.9. The van der Waals surface area contributed by atoms with Crippen molar-refractivity contribution in [3.63, 3.8) is 0 Å². The van der Waals surface area contributed by atoms with Crippen molar-refractivity contribution in [2.24, 2.45) is 0 Å². The predicted octanol–water partition coefficient (Wildman–Crippen LogP) is 4.65. The Hall–Kier alpha value is -2.39. The van der Waals surface area contributed by atoms with Gasteiger partial charge in [-0.05, 0) is 53.3 Å². The molecule has 0 aromatic heterocycles. The van der Waals surface area contributed by atoms with Crippen LogP contribution in [0.5, 0.6) is 0 Å². The van der Waals surface area contributed by atoms with Gasteiger partial charge in [0.05, 0.1) is 18.3 Å². The first-order valence-electron chi connectivity index (χ1n) is 8.06. The lowest BCUT2D eigenvalue weighted by Gasteiger charge is -2.18. The monoisotopic (exact) mass is 360 g/mol. The van der Waals surface area contributed by atoms with Gasteiger partial charge in [0.25, 0.3) is 0 Å². The molecule has 0 atom stereocenters. The molecule has 2 N–H and O–H groups in total. The van der Waals surface area contributed by atoms with Gasteiger partial charge in [-0.3, -0.25) is 0 Å². The zero-order chi connectivity index (χ0) is 18.6. The van der Waals surface area contributed by atoms with Crippen molar-refractivity contribution in [3.05, 3.63) is 59.2 Å². The lowest BCUT2D eigenvalue weighted by atomic mass is 9.97. The molecule has 0 aliphatic heterocycles. The van der Waals surface area contributed by atoms with Crippen LogP contribution in [-0.4, -0.2) is 34.5 Å². The van der Waals surface area contributed by atoms with E-state index in [0.717, 1.165) is 16.7 Å². The van der Waals surface area contributed by atoms with E-state index in [2.05, 4.69) is 0 Å². The normalized spacial score (nSPS) is 11.3. The summed E-state index contributed by atoms with van der Waals surface area (Å²) in [5.41, 5.74) is 2.61. The number of hydrogen-bond donors (Lipinski definition) is 2. The number of carboxylic acid groups (broad SMARTS) is 2. The van der Waals surface area contributed by atoms with Gasteiger partial charge < -0.3 is 14.8 Å². The topological polar surface area (TPSA) is 91.7 Å². The number of rotatable bonds is 7. The van der Waals surface area contributed by atoms with Crippen molar-refractivity contribution in [1.29, 1.82) is 0 Å². The Morgan fingerprint density at radius 2 is 1.40 bits per heavy atom. The Balaban J connectivity index is 2.54. The molecule has 0 saturated heterocycles. The van der Waals surface area contributed by atoms with Crippen LogP contribution >= 0.6 is 7.14 Å². The van der Waals surface area contributed by atoms with Gasteiger partial charge in [0.2, 0.25) is 0 Å². The van der Waals surface area contributed by atoms with E-state index >= 15 is 0 Å². The van der Waals surface area contributed by atoms with Crippen LogP contribution in [0.15, 0.2) is 42.5 Å². The molecule has 132 valence electrons. The van der Waals surface area contributed by atoms with E-state index in [1.54, 1.807) is 24.3 Å². The molecule has 0 saturated carbocycles. The summed E-state index contributed by atoms with van der Waals surface area (Å²) < 4.78 is 12.9. The maximum Gasteiger partial charge on any atom is 0.335 e. The lowest BCUT2D eigenvalue weighted by Crippen LogP contribution is -2.02. The first-order chi connectivity index (χ1) is 11.8. The number of carboxylic acids is 2. The van der Waals surface area contributed by atoms with Gasteiger partial charge in [0, 0.05) is 6.16 Å². The van der Waals surface area contributed by atoms with E-state index in [9.17, 15) is 19.3 Å². The molecule has 0 spiro atoms. The van der Waals surface area contributed by atoms with E-state index in [4.69, 9.17) is 5.11 Å². The van der Waals surface area contributed by atoms with Gasteiger partial charge in [-0.25, -0.2) is 9.59 Å². The van der Waals surface area contributed by atoms with Crippen LogP contribution in [0.3, 0.4) is 0 Å². The number of hydrogen-bond acceptors (Lipinski definition) is 3. The Morgan fingerprint density at radius 1 is 0.880 bits per heavy atom. The summed E-state index contributed by atoms with van der Waals surface area (Å²) >= 11 is 0. The van der Waals surface area contributed by atoms with Gasteiger partial charge in [-0.2, -0.15) is 0 Å². The van der Waals surface area contributed by atoms with Gasteiger partial charge in [-0.1, -0.05) is 32.0 Å². The van der Waals surface area contributed by atoms with Crippen LogP contribution in [0.2, 0.25) is 0 Å². The Kier molecular flexibility index (Phi) is 5.81. The summed E-state index contributed by atoms with van der Waals surface area (Å²) in [5, 5.41) is 18.3. The Bertz CT molecular complexity index is 831. The summed E-state index contributed by atoms with van der Waals surface area (Å²) in [6.45, 7) is 3.76. The quantitative estimate of drug-likeness (QED) is 0.701. The van der Waals surface area contributed by atoms with Crippen LogP contribution in [0.1, 0.15) is 40.1 Å². The first kappa shape index (κ1) is 18.9. The molecule has 5 nitrogen and oxygen atoms in total. The minimum absolute atomic E-state index is 0.152. The van der Waals surface area contributed by atoms with E-state index < -0.39 is 19.1 Å². The highest BCUT2D eigenvalue weighted by atomic mass is 31.2. The average Bonchev–Trinajstić information content (AvgIpc) is 2.61. The van der Waals surface area contributed by atoms with E-state index in [0.29, 0.717) is 18.5 Å². The molecule has 0 amide bonds. The molecule has 0 fully saturated rings. The fourth-order valence-electron chi connectivity index (χ4n) is 2.69. The second-order valence-electron chi connectivity index (χ2n) is 5.91. The maximum absolute atomic E-state index is 12.9. The smallest absolute Gasteiger partial charge is 0.335 e. The molecule has 2 rings (SSSR count). The van der Waals surface area contributed by atoms with E-state index in [1.165, 1.54) is 18.2 Å². The minimum atomic E-state index is -2.41. The Labute approximate surface area is 146 Å². The molecule has 0 heterocycles. The van der Waals surface area contributed by atoms with Gasteiger partial charge >= 0.3 is 11.9 Å². The summed E-state index contributed by atoms with van der Waals surface area (Å²) in [7, 11) is -2.41. The largest absolute Gasteiger partial charge is 0.478 e. The van der Waals surface area contributed by atoms with Crippen LogP contribution in [0, 0.1) is 0 Å². The summed E-state index contributed by atoms with van der Waals surface area (Å²) in [4.78, 5) is 22.3. The molecular formula is C19H21O5P. The van der Waals surface area contributed by atoms with Gasteiger partial charge in [0.15, 0.2) is 0 Å². The summed E-state index contributed by atoms with van der Waals surface area (Å²) in [6, 6.07) is 11.2. The van der Waals surface area contributed by atoms with Crippen LogP contribution < -0.4 is 0 Å². The average molecular weight is 360 g/mol. The van der Waals surface area contributed by atoms with Crippen molar-refractivity contribution < 1.29 is 24.4 Å². The molecule has 2 aromatic rings. The zero-order valence-electron chi connectivity index (χ0n) is 14.2. The highest BCUT2D eigenvalue weighted by Gasteiger charge is 2.21. The van der Waals surface area contributed by atoms with Gasteiger partial charge in [-0.15, -0.1) is 0 Å². The third-order valence-electron chi connectivity index (χ3n) is 4.41. The summed E-state index contributed by atoms with van der Waals surface area (Å²) in [6.07, 6.45) is 1.44. The molecule has 0 aliphatic rings. The fourth-order valence-corrected chi connectivity index (χ4v) is 4.47. The van der Waals surface area contributed by atoms with Gasteiger partial charge in [0.1, 0.15) is 0 Å². The molecule has 0 bridgehead atoms. The lowest BCUT2D eigenvalue weighted by molar-refractivity contribution is 0.0686. The molecule has 0 unspecified atom stereocenters. The third-order valence-corrected chi connectivity index (χ3v) is 7.63. The standard InChI is InChI=1S/C19H21O5P/c1-3-25(24,4-2)12-16-11-15(19(22)23)9-10-17(16)13-5-7-14(8-6-13)18(20)21/h5-11H,3-4,12H2,1-2H3,(H,20,21)(H,22,23). The molecule has 0 radical (unpaired) electrons. The number of carbonyl (C=O) groups is 2. The van der Waals surface area contributed by atoms with E-state index in [-0.39, 0.29) is 11.1 Å². The van der Waals surface area contributed by atoms with Crippen molar-refractivity contribution in [2.45, 2.75) is 20.0 Å². The molecule has 2 aromatic carbocycles. The second-order valence-corrected chi connectivity index (χ2v) is 9.61. The highest BCUT2D eigenvalue weighted by Crippen LogP contribution is 2.49. The summed E-state index contributed by atoms with van der Waals surface area (Å²) in [5.74, 6) is -2.04. The molecule has 0 aliphatic carbocycles. The van der Waals surface area contributed by atoms with Crippen LogP contribution in [0.25, 0.3) is 11.1 Å². The minimum Gasteiger partial charge on any atom is -0.478 e. The SMILES string of the molecule is CCP(=O)(CC)Cc1cc(C(=O)O)ccc1-c1ccc(C(=O)O)cc1. The van der Waals surface area contributed by atoms with Crippen molar-refractivity contribution in [2.75, 3.05) is 12.3 Å². The van der Waals surface area contributed by atoms with Crippen molar-refractivity contribution in [3.8, 4) is 11.1 Å². The molecule has 6 heteroatoms. The zero-order valence-corrected chi connectivity index (χ0v) is 15.1. The van der Waals surface area contributed by atoms with E-state index in [1.807, 2.05) is 13.8 Å². The number of benzene rings is 2. The first-order valence-corrected chi connectivity index (χ1v) is 10.3. The predicted molar refractivity (Wildman–Crippen MR) is 98.2 cm³/mol. The molecular weight excluding hydrogens is 339 g/mol. The second kappa shape index (κ2) is 7.66. The number of aromatic carboxylic acids is 2. The fraction of sp³-hybridized carbons (Fsp3) is 0.263. The highest BCUT2D eigenvalue weighted by molar-refractivity contribution is 7.63. The third kappa shape index (κ3) is 4.37. The van der Waals surface area contributed by atoms with Crippen molar-refractivity contribution in [1.82, 2.24) is 0 Å². The van der Waals surface area contributed by atoms with Crippen LogP contribution in [0.4, 0.5) is 0 Å². The molecule has 25 heavy (non-hydrogen) atoms.